The van der Waals surface area contributed by atoms with Gasteiger partial charge in [0.15, 0.2) is 0 Å². The molecule has 0 bridgehead atoms. The molecule has 0 radical (unpaired) electrons. The predicted molar refractivity (Wildman–Crippen MR) is 99.5 cm³/mol. The second-order valence-corrected chi connectivity index (χ2v) is 9.54. The van der Waals surface area contributed by atoms with E-state index in [-0.39, 0.29) is 4.58 Å². The molecule has 0 amide bonds. The van der Waals surface area contributed by atoms with Gasteiger partial charge >= 0.3 is 5.51 Å². The summed E-state index contributed by atoms with van der Waals surface area (Å²) in [7, 11) is -3.07. The van der Waals surface area contributed by atoms with Crippen LogP contribution in [-0.4, -0.2) is 14.3 Å². The van der Waals surface area contributed by atoms with Gasteiger partial charge < -0.3 is 4.18 Å². The lowest BCUT2D eigenvalue weighted by Crippen LogP contribution is -2.26. The molecule has 1 N–H and O–H groups in total. The third kappa shape index (κ3) is 7.03. The van der Waals surface area contributed by atoms with E-state index in [2.05, 4.69) is 12.1 Å². The van der Waals surface area contributed by atoms with E-state index in [1.54, 1.807) is 0 Å². The van der Waals surface area contributed by atoms with Crippen molar-refractivity contribution in [2.45, 2.75) is 61.5 Å². The van der Waals surface area contributed by atoms with Crippen LogP contribution in [0.4, 0.5) is 13.2 Å². The van der Waals surface area contributed by atoms with Gasteiger partial charge in [0.25, 0.3) is 0 Å². The van der Waals surface area contributed by atoms with E-state index in [1.807, 2.05) is 23.2 Å². The minimum atomic E-state index is -4.76. The lowest BCUT2D eigenvalue weighted by Gasteiger charge is -2.22. The van der Waals surface area contributed by atoms with E-state index in [1.165, 1.54) is 37.7 Å². The van der Waals surface area contributed by atoms with Crippen molar-refractivity contribution in [3.8, 4) is 5.75 Å². The van der Waals surface area contributed by atoms with Crippen LogP contribution in [0, 0.1) is 0 Å². The van der Waals surface area contributed by atoms with Crippen molar-refractivity contribution in [2.75, 3.05) is 0 Å². The molecule has 0 aromatic heterocycles. The van der Waals surface area contributed by atoms with Gasteiger partial charge in [-0.25, -0.2) is 4.21 Å². The summed E-state index contributed by atoms with van der Waals surface area (Å²) in [6.07, 6.45) is 6.90. The Hall–Kier alpha value is -0.380. The van der Waals surface area contributed by atoms with Crippen LogP contribution < -0.4 is 8.31 Å². The fraction of sp³-hybridized carbons (Fsp3) is 0.625. The molecule has 1 saturated carbocycles. The zero-order valence-corrected chi connectivity index (χ0v) is 16.3. The first-order valence-corrected chi connectivity index (χ1v) is 11.1. The summed E-state index contributed by atoms with van der Waals surface area (Å²) in [5.41, 5.74) is -3.44. The average Bonchev–Trinajstić information content (AvgIpc) is 2.62. The summed E-state index contributed by atoms with van der Waals surface area (Å²) >= 11 is 1.84. The van der Waals surface area contributed by atoms with Gasteiger partial charge in [-0.05, 0) is 42.9 Å². The minimum Gasteiger partial charge on any atom is -0.425 e. The van der Waals surface area contributed by atoms with Gasteiger partial charge in [-0.2, -0.15) is 17.3 Å². The Labute approximate surface area is 157 Å². The van der Waals surface area contributed by atoms with Crippen molar-refractivity contribution in [1.29, 1.82) is 0 Å². The average molecular weight is 414 g/mol. The summed E-state index contributed by atoms with van der Waals surface area (Å²) < 4.78 is 54.9. The smallest absolute Gasteiger partial charge is 0.425 e. The van der Waals surface area contributed by atoms with E-state index in [9.17, 15) is 17.4 Å². The maximum atomic E-state index is 12.2. The van der Waals surface area contributed by atoms with Crippen LogP contribution in [-0.2, 0) is 11.0 Å². The van der Waals surface area contributed by atoms with Gasteiger partial charge in [-0.3, -0.25) is 0 Å². The topological polar surface area (TPSA) is 38.3 Å². The first-order valence-electron chi connectivity index (χ1n) is 8.23. The highest BCUT2D eigenvalue weighted by molar-refractivity contribution is 8.17. The van der Waals surface area contributed by atoms with Crippen molar-refractivity contribution in [2.24, 2.45) is 0 Å². The normalized spacial score (nSPS) is 18.7. The molecule has 2 unspecified atom stereocenters. The van der Waals surface area contributed by atoms with Crippen LogP contribution in [0.3, 0.4) is 0 Å². The molecule has 2 rings (SSSR count). The molecule has 1 aromatic rings. The van der Waals surface area contributed by atoms with Gasteiger partial charge in [0.1, 0.15) is 10.3 Å². The number of rotatable bonds is 8. The van der Waals surface area contributed by atoms with E-state index < -0.39 is 16.5 Å². The number of benzene rings is 1. The summed E-state index contributed by atoms with van der Waals surface area (Å²) in [5.74, 6) is 1.29. The monoisotopic (exact) mass is 413 g/mol. The fourth-order valence-corrected chi connectivity index (χ4v) is 5.07. The van der Waals surface area contributed by atoms with Gasteiger partial charge in [0.05, 0.1) is 12.0 Å². The van der Waals surface area contributed by atoms with Crippen LogP contribution in [0.2, 0.25) is 0 Å². The quantitative estimate of drug-likeness (QED) is 0.326. The molecule has 142 valence electrons. The zero-order chi connectivity index (χ0) is 18.3. The molecule has 1 aliphatic rings. The van der Waals surface area contributed by atoms with Crippen LogP contribution in [0.1, 0.15) is 56.9 Å². The van der Waals surface area contributed by atoms with Gasteiger partial charge in [0, 0.05) is 0 Å². The van der Waals surface area contributed by atoms with Crippen molar-refractivity contribution >= 4 is 35.0 Å². The van der Waals surface area contributed by atoms with Crippen molar-refractivity contribution < 1.29 is 21.6 Å². The van der Waals surface area contributed by atoms with E-state index in [0.717, 1.165) is 24.0 Å². The van der Waals surface area contributed by atoms with Crippen LogP contribution in [0.25, 0.3) is 0 Å². The summed E-state index contributed by atoms with van der Waals surface area (Å²) in [6, 6.07) is 7.93. The predicted octanol–water partition coefficient (Wildman–Crippen LogP) is 5.92. The highest BCUT2D eigenvalue weighted by Crippen LogP contribution is 2.34. The molecule has 0 heterocycles. The van der Waals surface area contributed by atoms with Crippen LogP contribution in [0.15, 0.2) is 24.3 Å². The molecule has 9 heteroatoms. The lowest BCUT2D eigenvalue weighted by atomic mass is 9.84. The van der Waals surface area contributed by atoms with E-state index in [4.69, 9.17) is 4.18 Å². The molecule has 1 aliphatic carbocycles. The first kappa shape index (κ1) is 20.9. The SMILES string of the molecule is CCC(SNS(=O)C(F)(F)F)SOc1ccc(C2CCCCC2)cc1. The number of alkyl halides is 3. The second kappa shape index (κ2) is 10.1. The van der Waals surface area contributed by atoms with Crippen LogP contribution >= 0.6 is 24.0 Å². The summed E-state index contributed by atoms with van der Waals surface area (Å²) in [4.78, 5) is 0. The van der Waals surface area contributed by atoms with Crippen molar-refractivity contribution in [3.05, 3.63) is 29.8 Å². The standard InChI is InChI=1S/C16H22F3NO2S3/c1-2-15(23-20-25(21)16(17,18)19)24-22-14-10-8-13(9-11-14)12-6-4-3-5-7-12/h8-12,15,20H,2-7H2,1H3. The van der Waals surface area contributed by atoms with Crippen molar-refractivity contribution in [3.63, 3.8) is 0 Å². The van der Waals surface area contributed by atoms with Gasteiger partial charge in [-0.1, -0.05) is 50.3 Å². The fourth-order valence-electron chi connectivity index (χ4n) is 2.66. The maximum absolute atomic E-state index is 12.2. The minimum absolute atomic E-state index is 0.302. The Morgan fingerprint density at radius 2 is 1.88 bits per heavy atom. The second-order valence-electron chi connectivity index (χ2n) is 5.84. The van der Waals surface area contributed by atoms with Gasteiger partial charge in [-0.15, -0.1) is 0 Å². The molecule has 2 atom stereocenters. The zero-order valence-electron chi connectivity index (χ0n) is 13.9. The molecule has 0 spiro atoms. The first-order chi connectivity index (χ1) is 11.9. The molecular weight excluding hydrogens is 391 g/mol. The molecule has 0 aliphatic heterocycles. The maximum Gasteiger partial charge on any atom is 0.486 e. The van der Waals surface area contributed by atoms with Crippen LogP contribution in [0.5, 0.6) is 5.75 Å². The highest BCUT2D eigenvalue weighted by Gasteiger charge is 2.37. The Morgan fingerprint density at radius 3 is 2.44 bits per heavy atom. The molecule has 3 nitrogen and oxygen atoms in total. The number of halogens is 3. The molecule has 1 fully saturated rings. The summed E-state index contributed by atoms with van der Waals surface area (Å²) in [6.45, 7) is 1.83. The third-order valence-corrected chi connectivity index (χ3v) is 7.38. The number of nitrogens with one attached hydrogen (secondary N) is 1. The number of hydrogen-bond donors (Lipinski definition) is 1. The highest BCUT2D eigenvalue weighted by atomic mass is 32.3. The molecule has 1 aromatic carbocycles. The molecule has 25 heavy (non-hydrogen) atoms. The van der Waals surface area contributed by atoms with Gasteiger partial charge in [0.2, 0.25) is 11.0 Å². The molecule has 0 saturated heterocycles. The van der Waals surface area contributed by atoms with E-state index in [0.29, 0.717) is 18.1 Å². The molecular formula is C16H22F3NO2S3. The number of hydrogen-bond acceptors (Lipinski definition) is 4. The van der Waals surface area contributed by atoms with Crippen molar-refractivity contribution in [1.82, 2.24) is 4.13 Å². The Morgan fingerprint density at radius 1 is 1.24 bits per heavy atom. The Bertz CT molecular complexity index is 549. The van der Waals surface area contributed by atoms with E-state index >= 15 is 0 Å². The Kier molecular flexibility index (Phi) is 8.44. The largest absolute Gasteiger partial charge is 0.486 e. The third-order valence-electron chi connectivity index (χ3n) is 4.01. The Balaban J connectivity index is 1.79. The summed E-state index contributed by atoms with van der Waals surface area (Å²) in [5, 5.41) is 0. The lowest BCUT2D eigenvalue weighted by molar-refractivity contribution is -0.0388.